The van der Waals surface area contributed by atoms with Gasteiger partial charge in [-0.15, -0.1) is 22.7 Å². The van der Waals surface area contributed by atoms with Crippen molar-refractivity contribution in [2.24, 2.45) is 5.92 Å². The summed E-state index contributed by atoms with van der Waals surface area (Å²) >= 11 is 4.44. The number of Topliss-reactive ketones (excluding diaryl/α,β-unsaturated/α-hetero) is 1. The first-order chi connectivity index (χ1) is 15.4. The lowest BCUT2D eigenvalue weighted by atomic mass is 9.89. The van der Waals surface area contributed by atoms with Gasteiger partial charge in [0.1, 0.15) is 4.83 Å². The van der Waals surface area contributed by atoms with Crippen LogP contribution in [0, 0.1) is 5.92 Å². The molecule has 0 bridgehead atoms. The summed E-state index contributed by atoms with van der Waals surface area (Å²) < 4.78 is 1.71. The van der Waals surface area contributed by atoms with Gasteiger partial charge in [0.25, 0.3) is 5.56 Å². The van der Waals surface area contributed by atoms with Gasteiger partial charge in [-0.1, -0.05) is 18.7 Å². The zero-order valence-corrected chi connectivity index (χ0v) is 21.0. The monoisotopic (exact) mass is 489 g/mol. The molecule has 4 rings (SSSR count). The minimum Gasteiger partial charge on any atom is -0.356 e. The van der Waals surface area contributed by atoms with Crippen LogP contribution in [0.25, 0.3) is 10.2 Å². The van der Waals surface area contributed by atoms with E-state index >= 15 is 0 Å². The molecule has 0 aromatic carbocycles. The minimum absolute atomic E-state index is 0.0240. The maximum atomic E-state index is 13.3. The third-order valence-corrected chi connectivity index (χ3v) is 9.02. The standard InChI is InChI=1S/C23H27N3O3S3/c1-4-26-22(29)20-16-7-5-13(2)11-19(16)32-21(20)25-23(26)30-12-17(28)18-8-6-15(31-18)9-10-24-14(3)27/h6,8,13H,4-5,7,9-12H2,1-3H3,(H,24,27). The molecule has 0 radical (unpaired) electrons. The van der Waals surface area contributed by atoms with Crippen molar-refractivity contribution in [3.05, 3.63) is 42.7 Å². The van der Waals surface area contributed by atoms with E-state index in [0.29, 0.717) is 35.5 Å². The summed E-state index contributed by atoms with van der Waals surface area (Å²) in [5, 5.41) is 4.18. The van der Waals surface area contributed by atoms with Crippen LogP contribution in [0.1, 0.15) is 52.2 Å². The van der Waals surface area contributed by atoms with Crippen LogP contribution in [-0.4, -0.2) is 33.5 Å². The van der Waals surface area contributed by atoms with Gasteiger partial charge in [0, 0.05) is 29.8 Å². The molecule has 0 spiro atoms. The lowest BCUT2D eigenvalue weighted by Gasteiger charge is -2.17. The Morgan fingerprint density at radius 2 is 2.12 bits per heavy atom. The van der Waals surface area contributed by atoms with Crippen molar-refractivity contribution in [2.75, 3.05) is 12.3 Å². The smallest absolute Gasteiger partial charge is 0.263 e. The van der Waals surface area contributed by atoms with Gasteiger partial charge in [-0.25, -0.2) is 4.98 Å². The van der Waals surface area contributed by atoms with Crippen LogP contribution in [0.4, 0.5) is 0 Å². The van der Waals surface area contributed by atoms with Crippen molar-refractivity contribution < 1.29 is 9.59 Å². The predicted octanol–water partition coefficient (Wildman–Crippen LogP) is 4.32. The Labute approximate surface area is 199 Å². The molecule has 9 heteroatoms. The van der Waals surface area contributed by atoms with Crippen molar-refractivity contribution in [3.63, 3.8) is 0 Å². The first kappa shape index (κ1) is 23.2. The summed E-state index contributed by atoms with van der Waals surface area (Å²) in [7, 11) is 0. The van der Waals surface area contributed by atoms with E-state index in [9.17, 15) is 14.4 Å². The van der Waals surface area contributed by atoms with E-state index in [1.807, 2.05) is 19.1 Å². The lowest BCUT2D eigenvalue weighted by Crippen LogP contribution is -2.23. The number of carbonyl (C=O) groups is 2. The van der Waals surface area contributed by atoms with Crippen LogP contribution in [0.3, 0.4) is 0 Å². The highest BCUT2D eigenvalue weighted by molar-refractivity contribution is 7.99. The number of thiophene rings is 2. The molecule has 0 aliphatic heterocycles. The second-order valence-electron chi connectivity index (χ2n) is 8.19. The van der Waals surface area contributed by atoms with Crippen LogP contribution in [0.5, 0.6) is 0 Å². The summed E-state index contributed by atoms with van der Waals surface area (Å²) in [5.41, 5.74) is 1.22. The van der Waals surface area contributed by atoms with E-state index < -0.39 is 0 Å². The molecule has 3 aromatic rings. The number of nitrogens with zero attached hydrogens (tertiary/aromatic N) is 2. The van der Waals surface area contributed by atoms with E-state index in [4.69, 9.17) is 4.98 Å². The van der Waals surface area contributed by atoms with Crippen molar-refractivity contribution in [3.8, 4) is 0 Å². The second-order valence-corrected chi connectivity index (χ2v) is 11.4. The topological polar surface area (TPSA) is 81.1 Å². The van der Waals surface area contributed by atoms with Crippen molar-refractivity contribution in [2.45, 2.75) is 58.2 Å². The third kappa shape index (κ3) is 4.84. The minimum atomic E-state index is -0.0539. The van der Waals surface area contributed by atoms with Gasteiger partial charge in [-0.05, 0) is 56.2 Å². The van der Waals surface area contributed by atoms with E-state index in [0.717, 1.165) is 34.4 Å². The fourth-order valence-electron chi connectivity index (χ4n) is 4.02. The van der Waals surface area contributed by atoms with Gasteiger partial charge in [-0.3, -0.25) is 19.0 Å². The van der Waals surface area contributed by atoms with Gasteiger partial charge in [0.05, 0.1) is 16.0 Å². The molecular weight excluding hydrogens is 462 g/mol. The molecule has 6 nitrogen and oxygen atoms in total. The Hall–Kier alpha value is -1.97. The molecule has 1 amide bonds. The molecule has 3 heterocycles. The number of hydrogen-bond donors (Lipinski definition) is 1. The number of carbonyl (C=O) groups excluding carboxylic acids is 2. The number of amides is 1. The summed E-state index contributed by atoms with van der Waals surface area (Å²) in [4.78, 5) is 45.7. The molecule has 1 unspecified atom stereocenters. The normalized spacial score (nSPS) is 15.7. The Bertz CT molecular complexity index is 1220. The van der Waals surface area contributed by atoms with Gasteiger partial charge >= 0.3 is 0 Å². The Kier molecular flexibility index (Phi) is 7.17. The molecule has 3 aromatic heterocycles. The van der Waals surface area contributed by atoms with E-state index in [-0.39, 0.29) is 23.0 Å². The molecule has 1 aliphatic rings. The van der Waals surface area contributed by atoms with Crippen molar-refractivity contribution >= 4 is 56.3 Å². The molecule has 170 valence electrons. The maximum Gasteiger partial charge on any atom is 0.263 e. The highest BCUT2D eigenvalue weighted by Gasteiger charge is 2.24. The number of aryl methyl sites for hydroxylation is 1. The van der Waals surface area contributed by atoms with Gasteiger partial charge < -0.3 is 5.32 Å². The summed E-state index contributed by atoms with van der Waals surface area (Å²) in [5.74, 6) is 0.861. The van der Waals surface area contributed by atoms with Crippen LogP contribution in [0.2, 0.25) is 0 Å². The summed E-state index contributed by atoms with van der Waals surface area (Å²) in [6.45, 7) is 6.80. The number of ketones is 1. The highest BCUT2D eigenvalue weighted by Crippen LogP contribution is 2.36. The van der Waals surface area contributed by atoms with Gasteiger partial charge in [-0.2, -0.15) is 0 Å². The van der Waals surface area contributed by atoms with Crippen LogP contribution >= 0.6 is 34.4 Å². The SMILES string of the molecule is CCn1c(SCC(=O)c2ccc(CCNC(C)=O)s2)nc2sc3c(c2c1=O)CCC(C)C3. The average molecular weight is 490 g/mol. The number of thioether (sulfide) groups is 1. The van der Waals surface area contributed by atoms with Crippen molar-refractivity contribution in [1.29, 1.82) is 0 Å². The number of aromatic nitrogens is 2. The first-order valence-electron chi connectivity index (χ1n) is 10.9. The second kappa shape index (κ2) is 9.89. The molecular formula is C23H27N3O3S3. The molecule has 1 aliphatic carbocycles. The van der Waals surface area contributed by atoms with Crippen LogP contribution in [-0.2, 0) is 30.6 Å². The zero-order valence-electron chi connectivity index (χ0n) is 18.5. The van der Waals surface area contributed by atoms with Gasteiger partial charge in [0.2, 0.25) is 5.91 Å². The Morgan fingerprint density at radius 3 is 2.88 bits per heavy atom. The number of nitrogens with one attached hydrogen (secondary N) is 1. The fraction of sp³-hybridized carbons (Fsp3) is 0.478. The quantitative estimate of drug-likeness (QED) is 0.290. The van der Waals surface area contributed by atoms with E-state index in [1.165, 1.54) is 40.5 Å². The fourth-order valence-corrected chi connectivity index (χ4v) is 7.43. The number of fused-ring (bicyclic) bond motifs is 3. The third-order valence-electron chi connectivity index (χ3n) is 5.71. The Morgan fingerprint density at radius 1 is 1.31 bits per heavy atom. The molecule has 0 saturated heterocycles. The highest BCUT2D eigenvalue weighted by atomic mass is 32.2. The van der Waals surface area contributed by atoms with Crippen molar-refractivity contribution in [1.82, 2.24) is 14.9 Å². The average Bonchev–Trinajstić information content (AvgIpc) is 3.36. The van der Waals surface area contributed by atoms with E-state index in [2.05, 4.69) is 12.2 Å². The Balaban J connectivity index is 1.51. The lowest BCUT2D eigenvalue weighted by molar-refractivity contribution is -0.118. The predicted molar refractivity (Wildman–Crippen MR) is 133 cm³/mol. The summed E-state index contributed by atoms with van der Waals surface area (Å²) in [6.07, 6.45) is 3.79. The first-order valence-corrected chi connectivity index (χ1v) is 13.5. The maximum absolute atomic E-state index is 13.3. The molecule has 32 heavy (non-hydrogen) atoms. The zero-order chi connectivity index (χ0) is 22.8. The largest absolute Gasteiger partial charge is 0.356 e. The molecule has 1 atom stereocenters. The summed E-state index contributed by atoms with van der Waals surface area (Å²) in [6, 6.07) is 3.78. The van der Waals surface area contributed by atoms with Gasteiger partial charge in [0.15, 0.2) is 10.9 Å². The van der Waals surface area contributed by atoms with Crippen LogP contribution < -0.4 is 10.9 Å². The number of rotatable bonds is 8. The number of hydrogen-bond acceptors (Lipinski definition) is 7. The van der Waals surface area contributed by atoms with E-state index in [1.54, 1.807) is 15.9 Å². The van der Waals surface area contributed by atoms with Crippen LogP contribution in [0.15, 0.2) is 22.1 Å². The molecule has 0 fully saturated rings. The molecule has 0 saturated carbocycles. The molecule has 1 N–H and O–H groups in total.